The molecule has 0 radical (unpaired) electrons. The van der Waals surface area contributed by atoms with E-state index in [-0.39, 0.29) is 5.92 Å². The van der Waals surface area contributed by atoms with E-state index in [0.29, 0.717) is 11.4 Å². The molecule has 0 bridgehead atoms. The minimum Gasteiger partial charge on any atom is -0.480 e. The Morgan fingerprint density at radius 1 is 1.71 bits per heavy atom. The summed E-state index contributed by atoms with van der Waals surface area (Å²) in [6, 6.07) is 3.14. The second-order valence-corrected chi connectivity index (χ2v) is 4.26. The number of pyridine rings is 1. The van der Waals surface area contributed by atoms with Crippen LogP contribution in [0.25, 0.3) is 0 Å². The monoisotopic (exact) mass is 231 g/mol. The molecule has 88 valence electrons. The highest BCUT2D eigenvalue weighted by molar-refractivity contribution is 5.78. The van der Waals surface area contributed by atoms with E-state index in [4.69, 9.17) is 10.4 Å². The first-order chi connectivity index (χ1) is 8.13. The van der Waals surface area contributed by atoms with Crippen molar-refractivity contribution in [3.63, 3.8) is 0 Å². The third-order valence-electron chi connectivity index (χ3n) is 2.92. The van der Waals surface area contributed by atoms with Crippen molar-refractivity contribution in [1.82, 2.24) is 4.98 Å². The number of hydrogen-bond acceptors (Lipinski definition) is 4. The number of nitriles is 1. The molecule has 0 saturated heterocycles. The van der Waals surface area contributed by atoms with Gasteiger partial charge >= 0.3 is 5.97 Å². The van der Waals surface area contributed by atoms with Gasteiger partial charge in [0.1, 0.15) is 17.9 Å². The lowest BCUT2D eigenvalue weighted by molar-refractivity contribution is -0.138. The molecule has 2 N–H and O–H groups in total. The summed E-state index contributed by atoms with van der Waals surface area (Å²) in [7, 11) is 0. The van der Waals surface area contributed by atoms with Gasteiger partial charge in [-0.2, -0.15) is 5.26 Å². The molecule has 1 atom stereocenters. The number of anilines is 1. The Balaban J connectivity index is 2.26. The molecule has 1 aliphatic carbocycles. The molecule has 0 amide bonds. The lowest BCUT2D eigenvalue weighted by Gasteiger charge is -2.15. The Morgan fingerprint density at radius 2 is 2.41 bits per heavy atom. The lowest BCUT2D eigenvalue weighted by Crippen LogP contribution is -2.32. The molecule has 0 aromatic carbocycles. The first kappa shape index (κ1) is 11.4. The highest BCUT2D eigenvalue weighted by atomic mass is 16.4. The highest BCUT2D eigenvalue weighted by Gasteiger charge is 2.36. The van der Waals surface area contributed by atoms with Crippen LogP contribution in [0.3, 0.4) is 0 Å². The molecular weight excluding hydrogens is 218 g/mol. The van der Waals surface area contributed by atoms with Gasteiger partial charge in [0, 0.05) is 6.20 Å². The molecule has 1 aromatic rings. The molecule has 5 heteroatoms. The Hall–Kier alpha value is -2.09. The van der Waals surface area contributed by atoms with Gasteiger partial charge in [-0.1, -0.05) is 0 Å². The van der Waals surface area contributed by atoms with E-state index < -0.39 is 12.0 Å². The summed E-state index contributed by atoms with van der Waals surface area (Å²) >= 11 is 0. The van der Waals surface area contributed by atoms with Gasteiger partial charge in [-0.05, 0) is 37.3 Å². The quantitative estimate of drug-likeness (QED) is 0.820. The molecule has 1 unspecified atom stereocenters. The number of carboxylic acids is 1. The molecule has 1 fully saturated rings. The Morgan fingerprint density at radius 3 is 2.94 bits per heavy atom. The average Bonchev–Trinajstić information content (AvgIpc) is 3.09. The summed E-state index contributed by atoms with van der Waals surface area (Å²) in [6.07, 6.45) is 3.40. The average molecular weight is 231 g/mol. The summed E-state index contributed by atoms with van der Waals surface area (Å²) in [6.45, 7) is 1.80. The molecule has 1 aromatic heterocycles. The molecule has 0 aliphatic heterocycles. The normalized spacial score (nSPS) is 16.0. The minimum absolute atomic E-state index is 0.154. The van der Waals surface area contributed by atoms with E-state index in [1.54, 1.807) is 19.2 Å². The zero-order valence-corrected chi connectivity index (χ0v) is 9.47. The predicted octanol–water partition coefficient (Wildman–Crippen LogP) is 1.54. The maximum atomic E-state index is 11.1. The number of rotatable bonds is 4. The third-order valence-corrected chi connectivity index (χ3v) is 2.92. The van der Waals surface area contributed by atoms with Gasteiger partial charge in [0.15, 0.2) is 0 Å². The molecule has 1 saturated carbocycles. The van der Waals surface area contributed by atoms with Gasteiger partial charge in [0.05, 0.1) is 5.56 Å². The maximum Gasteiger partial charge on any atom is 0.326 e. The largest absolute Gasteiger partial charge is 0.480 e. The van der Waals surface area contributed by atoms with E-state index in [1.165, 1.54) is 0 Å². The summed E-state index contributed by atoms with van der Waals surface area (Å²) in [4.78, 5) is 15.1. The number of nitrogens with zero attached hydrogens (tertiary/aromatic N) is 2. The van der Waals surface area contributed by atoms with Crippen molar-refractivity contribution in [3.8, 4) is 6.07 Å². The molecule has 2 rings (SSSR count). The highest BCUT2D eigenvalue weighted by Crippen LogP contribution is 2.34. The van der Waals surface area contributed by atoms with Crippen LogP contribution < -0.4 is 5.32 Å². The van der Waals surface area contributed by atoms with Crippen LogP contribution in [-0.2, 0) is 4.79 Å². The van der Waals surface area contributed by atoms with Gasteiger partial charge in [-0.15, -0.1) is 0 Å². The van der Waals surface area contributed by atoms with E-state index >= 15 is 0 Å². The van der Waals surface area contributed by atoms with Gasteiger partial charge in [0.2, 0.25) is 0 Å². The molecular formula is C12H13N3O2. The number of aromatic nitrogens is 1. The van der Waals surface area contributed by atoms with E-state index in [2.05, 4.69) is 10.3 Å². The van der Waals surface area contributed by atoms with E-state index in [9.17, 15) is 4.79 Å². The maximum absolute atomic E-state index is 11.1. The van der Waals surface area contributed by atoms with Crippen LogP contribution in [0.15, 0.2) is 12.3 Å². The molecule has 17 heavy (non-hydrogen) atoms. The predicted molar refractivity (Wildman–Crippen MR) is 61.5 cm³/mol. The second-order valence-electron chi connectivity index (χ2n) is 4.26. The topological polar surface area (TPSA) is 86.0 Å². The van der Waals surface area contributed by atoms with Crippen LogP contribution in [0.5, 0.6) is 0 Å². The number of nitrogens with one attached hydrogen (secondary N) is 1. The van der Waals surface area contributed by atoms with Gasteiger partial charge in [0.25, 0.3) is 0 Å². The zero-order valence-electron chi connectivity index (χ0n) is 9.47. The molecule has 1 heterocycles. The number of aryl methyl sites for hydroxylation is 1. The number of carboxylic acid groups (broad SMARTS) is 1. The summed E-state index contributed by atoms with van der Waals surface area (Å²) in [5.41, 5.74) is 1.21. The van der Waals surface area contributed by atoms with Crippen molar-refractivity contribution in [2.24, 2.45) is 5.92 Å². The summed E-state index contributed by atoms with van der Waals surface area (Å²) < 4.78 is 0. The second kappa shape index (κ2) is 4.42. The van der Waals surface area contributed by atoms with E-state index in [1.807, 2.05) is 6.07 Å². The van der Waals surface area contributed by atoms with Crippen molar-refractivity contribution >= 4 is 11.8 Å². The molecule has 5 nitrogen and oxygen atoms in total. The minimum atomic E-state index is -0.889. The smallest absolute Gasteiger partial charge is 0.326 e. The summed E-state index contributed by atoms with van der Waals surface area (Å²) in [5.74, 6) is -0.368. The van der Waals surface area contributed by atoms with Crippen LogP contribution in [0, 0.1) is 24.2 Å². The fourth-order valence-electron chi connectivity index (χ4n) is 1.77. The van der Waals surface area contributed by atoms with E-state index in [0.717, 1.165) is 18.4 Å². The first-order valence-electron chi connectivity index (χ1n) is 5.48. The van der Waals surface area contributed by atoms with Crippen molar-refractivity contribution in [2.75, 3.05) is 5.32 Å². The third kappa shape index (κ3) is 2.36. The Labute approximate surface area is 99.1 Å². The first-order valence-corrected chi connectivity index (χ1v) is 5.48. The Bertz CT molecular complexity index is 489. The lowest BCUT2D eigenvalue weighted by atomic mass is 10.1. The molecule has 0 spiro atoms. The van der Waals surface area contributed by atoms with Crippen LogP contribution in [0.1, 0.15) is 24.0 Å². The van der Waals surface area contributed by atoms with Crippen molar-refractivity contribution < 1.29 is 9.90 Å². The van der Waals surface area contributed by atoms with Gasteiger partial charge in [-0.3, -0.25) is 0 Å². The Kier molecular flexibility index (Phi) is 2.96. The summed E-state index contributed by atoms with van der Waals surface area (Å²) in [5, 5.41) is 21.0. The van der Waals surface area contributed by atoms with Crippen molar-refractivity contribution in [2.45, 2.75) is 25.8 Å². The van der Waals surface area contributed by atoms with Gasteiger partial charge in [-0.25, -0.2) is 9.78 Å². The van der Waals surface area contributed by atoms with Crippen LogP contribution >= 0.6 is 0 Å². The zero-order chi connectivity index (χ0) is 12.4. The van der Waals surface area contributed by atoms with Crippen LogP contribution in [0.4, 0.5) is 5.82 Å². The molecule has 1 aliphatic rings. The standard InChI is InChI=1S/C12H13N3O2/c1-7-4-5-14-11(9(7)6-13)15-10(12(16)17)8-2-3-8/h4-5,8,10H,2-3H2,1H3,(H,14,15)(H,16,17). The number of carbonyl (C=O) groups is 1. The van der Waals surface area contributed by atoms with Crippen LogP contribution in [0.2, 0.25) is 0 Å². The fraction of sp³-hybridized carbons (Fsp3) is 0.417. The number of hydrogen-bond donors (Lipinski definition) is 2. The van der Waals surface area contributed by atoms with Gasteiger partial charge < -0.3 is 10.4 Å². The fourth-order valence-corrected chi connectivity index (χ4v) is 1.77. The van der Waals surface area contributed by atoms with Crippen molar-refractivity contribution in [1.29, 1.82) is 5.26 Å². The number of aliphatic carboxylic acids is 1. The SMILES string of the molecule is Cc1ccnc(NC(C(=O)O)C2CC2)c1C#N. The van der Waals surface area contributed by atoms with Crippen molar-refractivity contribution in [3.05, 3.63) is 23.4 Å². The van der Waals surface area contributed by atoms with Crippen LogP contribution in [-0.4, -0.2) is 22.1 Å².